The van der Waals surface area contributed by atoms with Crippen molar-refractivity contribution in [3.05, 3.63) is 29.8 Å². The molecule has 0 aliphatic carbocycles. The lowest BCUT2D eigenvalue weighted by Crippen LogP contribution is -2.29. The molecular formula is C12H18NO3P. The van der Waals surface area contributed by atoms with E-state index in [2.05, 4.69) is 0 Å². The molecular weight excluding hydrogens is 237 g/mol. The second-order valence-electron chi connectivity index (χ2n) is 5.22. The quantitative estimate of drug-likeness (QED) is 0.651. The maximum Gasteiger partial charge on any atom is 0.335 e. The molecule has 0 atom stereocenters. The van der Waals surface area contributed by atoms with Gasteiger partial charge in [-0.25, -0.2) is 0 Å². The van der Waals surface area contributed by atoms with E-state index in [4.69, 9.17) is 14.8 Å². The average Bonchev–Trinajstić information content (AvgIpc) is 2.27. The summed E-state index contributed by atoms with van der Waals surface area (Å²) in [6.45, 7) is 5.00. The van der Waals surface area contributed by atoms with E-state index >= 15 is 0 Å². The fourth-order valence-corrected chi connectivity index (χ4v) is 3.57. The molecule has 0 bridgehead atoms. The van der Waals surface area contributed by atoms with Gasteiger partial charge in [0.25, 0.3) is 0 Å². The van der Waals surface area contributed by atoms with Crippen molar-refractivity contribution in [2.45, 2.75) is 20.0 Å². The number of hydrogen-bond donors (Lipinski definition) is 1. The number of benzene rings is 1. The Balaban J connectivity index is 2.04. The Bertz CT molecular complexity index is 428. The molecule has 1 aliphatic rings. The molecule has 2 rings (SSSR count). The van der Waals surface area contributed by atoms with Crippen molar-refractivity contribution < 1.29 is 13.6 Å². The van der Waals surface area contributed by atoms with Crippen LogP contribution in [0.5, 0.6) is 0 Å². The molecule has 0 unspecified atom stereocenters. The SMILES string of the molecule is CC1(C)COP(=O)(Cc2ccc(N)cc2)OC1. The van der Waals surface area contributed by atoms with E-state index in [9.17, 15) is 4.57 Å². The summed E-state index contributed by atoms with van der Waals surface area (Å²) in [6, 6.07) is 7.27. The zero-order chi connectivity index (χ0) is 12.5. The minimum atomic E-state index is -2.97. The first-order chi connectivity index (χ1) is 7.89. The van der Waals surface area contributed by atoms with E-state index in [1.165, 1.54) is 0 Å². The van der Waals surface area contributed by atoms with Crippen LogP contribution in [0.4, 0.5) is 5.69 Å². The summed E-state index contributed by atoms with van der Waals surface area (Å²) < 4.78 is 23.1. The lowest BCUT2D eigenvalue weighted by molar-refractivity contribution is 0.0409. The summed E-state index contributed by atoms with van der Waals surface area (Å²) >= 11 is 0. The minimum absolute atomic E-state index is 0.0605. The highest BCUT2D eigenvalue weighted by atomic mass is 31.2. The molecule has 0 amide bonds. The molecule has 1 aromatic rings. The zero-order valence-corrected chi connectivity index (χ0v) is 11.1. The normalized spacial score (nSPS) is 22.2. The van der Waals surface area contributed by atoms with Crippen molar-refractivity contribution in [2.24, 2.45) is 5.41 Å². The third-order valence-corrected chi connectivity index (χ3v) is 4.46. The van der Waals surface area contributed by atoms with Gasteiger partial charge >= 0.3 is 7.60 Å². The molecule has 1 aliphatic heterocycles. The summed E-state index contributed by atoms with van der Waals surface area (Å²) in [7, 11) is -2.97. The van der Waals surface area contributed by atoms with Gasteiger partial charge in [-0.05, 0) is 17.7 Å². The molecule has 4 nitrogen and oxygen atoms in total. The van der Waals surface area contributed by atoms with Crippen LogP contribution in [0.15, 0.2) is 24.3 Å². The van der Waals surface area contributed by atoms with Crippen molar-refractivity contribution in [1.82, 2.24) is 0 Å². The Labute approximate surface area is 102 Å². The molecule has 0 spiro atoms. The highest BCUT2D eigenvalue weighted by Gasteiger charge is 2.36. The van der Waals surface area contributed by atoms with Crippen molar-refractivity contribution in [1.29, 1.82) is 0 Å². The third kappa shape index (κ3) is 3.32. The number of nitrogens with two attached hydrogens (primary N) is 1. The van der Waals surface area contributed by atoms with Crippen LogP contribution in [0, 0.1) is 5.41 Å². The summed E-state index contributed by atoms with van der Waals surface area (Å²) in [4.78, 5) is 0. The van der Waals surface area contributed by atoms with E-state index < -0.39 is 7.60 Å². The smallest absolute Gasteiger partial charge is 0.335 e. The lowest BCUT2D eigenvalue weighted by Gasteiger charge is -2.34. The largest absolute Gasteiger partial charge is 0.399 e. The van der Waals surface area contributed by atoms with Crippen LogP contribution in [-0.2, 0) is 19.8 Å². The molecule has 0 aromatic heterocycles. The lowest BCUT2D eigenvalue weighted by atomic mass is 9.97. The van der Waals surface area contributed by atoms with Crippen LogP contribution in [0.1, 0.15) is 19.4 Å². The highest BCUT2D eigenvalue weighted by Crippen LogP contribution is 2.56. The van der Waals surface area contributed by atoms with Crippen molar-refractivity contribution >= 4 is 13.3 Å². The molecule has 1 heterocycles. The summed E-state index contributed by atoms with van der Waals surface area (Å²) in [5, 5.41) is 0. The Morgan fingerprint density at radius 1 is 1.24 bits per heavy atom. The topological polar surface area (TPSA) is 61.5 Å². The van der Waals surface area contributed by atoms with Gasteiger partial charge in [-0.1, -0.05) is 26.0 Å². The van der Waals surface area contributed by atoms with Gasteiger partial charge in [0.05, 0.1) is 19.4 Å². The fourth-order valence-electron chi connectivity index (χ4n) is 1.56. The van der Waals surface area contributed by atoms with E-state index in [0.717, 1.165) is 5.56 Å². The Kier molecular flexibility index (Phi) is 3.30. The predicted octanol–water partition coefficient (Wildman–Crippen LogP) is 3.03. The molecule has 2 N–H and O–H groups in total. The number of rotatable bonds is 2. The second-order valence-corrected chi connectivity index (χ2v) is 7.28. The van der Waals surface area contributed by atoms with Crippen molar-refractivity contribution in [3.8, 4) is 0 Å². The zero-order valence-electron chi connectivity index (χ0n) is 10.2. The van der Waals surface area contributed by atoms with Crippen molar-refractivity contribution in [2.75, 3.05) is 18.9 Å². The fraction of sp³-hybridized carbons (Fsp3) is 0.500. The minimum Gasteiger partial charge on any atom is -0.399 e. The van der Waals surface area contributed by atoms with Crippen LogP contribution in [-0.4, -0.2) is 13.2 Å². The van der Waals surface area contributed by atoms with Gasteiger partial charge in [0, 0.05) is 11.1 Å². The highest BCUT2D eigenvalue weighted by molar-refractivity contribution is 7.53. The molecule has 1 fully saturated rings. The monoisotopic (exact) mass is 255 g/mol. The van der Waals surface area contributed by atoms with Crippen molar-refractivity contribution in [3.63, 3.8) is 0 Å². The van der Waals surface area contributed by atoms with Gasteiger partial charge in [0.2, 0.25) is 0 Å². The molecule has 17 heavy (non-hydrogen) atoms. The van der Waals surface area contributed by atoms with E-state index in [0.29, 0.717) is 25.1 Å². The standard InChI is InChI=1S/C12H18NO3P/c1-12(2)8-15-17(14,16-9-12)7-10-3-5-11(13)6-4-10/h3-6H,7-9,13H2,1-2H3. The second kappa shape index (κ2) is 4.45. The van der Waals surface area contributed by atoms with Gasteiger partial charge in [-0.15, -0.1) is 0 Å². The first-order valence-electron chi connectivity index (χ1n) is 5.61. The van der Waals surface area contributed by atoms with Gasteiger partial charge < -0.3 is 14.8 Å². The molecule has 94 valence electrons. The summed E-state index contributed by atoms with van der Waals surface area (Å²) in [5.74, 6) is 0. The molecule has 1 saturated heterocycles. The molecule has 0 saturated carbocycles. The Morgan fingerprint density at radius 2 is 1.76 bits per heavy atom. The Morgan fingerprint density at radius 3 is 2.29 bits per heavy atom. The van der Waals surface area contributed by atoms with Gasteiger partial charge in [-0.3, -0.25) is 4.57 Å². The predicted molar refractivity (Wildman–Crippen MR) is 67.8 cm³/mol. The first-order valence-corrected chi connectivity index (χ1v) is 7.34. The van der Waals surface area contributed by atoms with Gasteiger partial charge in [0.15, 0.2) is 0 Å². The van der Waals surface area contributed by atoms with Gasteiger partial charge in [0.1, 0.15) is 0 Å². The van der Waals surface area contributed by atoms with Crippen LogP contribution in [0.3, 0.4) is 0 Å². The van der Waals surface area contributed by atoms with Crippen LogP contribution in [0.2, 0.25) is 0 Å². The molecule has 0 radical (unpaired) electrons. The first kappa shape index (κ1) is 12.6. The summed E-state index contributed by atoms with van der Waals surface area (Å²) in [5.41, 5.74) is 7.15. The molecule has 5 heteroatoms. The van der Waals surface area contributed by atoms with Crippen LogP contribution < -0.4 is 5.73 Å². The molecule has 1 aromatic carbocycles. The third-order valence-electron chi connectivity index (χ3n) is 2.66. The number of anilines is 1. The number of hydrogen-bond acceptors (Lipinski definition) is 4. The van der Waals surface area contributed by atoms with Gasteiger partial charge in [-0.2, -0.15) is 0 Å². The average molecular weight is 255 g/mol. The number of nitrogen functional groups attached to an aromatic ring is 1. The summed E-state index contributed by atoms with van der Waals surface area (Å²) in [6.07, 6.45) is 0.309. The van der Waals surface area contributed by atoms with E-state index in [-0.39, 0.29) is 5.41 Å². The van der Waals surface area contributed by atoms with Crippen LogP contribution >= 0.6 is 7.60 Å². The maximum atomic E-state index is 12.3. The Hall–Kier alpha value is -0.830. The van der Waals surface area contributed by atoms with E-state index in [1.54, 1.807) is 12.1 Å². The maximum absolute atomic E-state index is 12.3. The van der Waals surface area contributed by atoms with E-state index in [1.807, 2.05) is 26.0 Å². The van der Waals surface area contributed by atoms with Crippen LogP contribution in [0.25, 0.3) is 0 Å².